The van der Waals surface area contributed by atoms with Crippen LogP contribution in [0.4, 0.5) is 5.69 Å². The van der Waals surface area contributed by atoms with Gasteiger partial charge in [-0.15, -0.1) is 0 Å². The second-order valence-corrected chi connectivity index (χ2v) is 6.71. The molecular weight excluding hydrogens is 365 g/mol. The molecule has 1 fully saturated rings. The second-order valence-electron chi connectivity index (χ2n) is 5.46. The molecule has 0 aromatic heterocycles. The molecule has 5 heteroatoms. The zero-order valence-electron chi connectivity index (χ0n) is 12.1. The van der Waals surface area contributed by atoms with Gasteiger partial charge in [-0.25, -0.2) is 0 Å². The van der Waals surface area contributed by atoms with Crippen LogP contribution in [0.15, 0.2) is 24.3 Å². The van der Waals surface area contributed by atoms with Crippen molar-refractivity contribution >= 4 is 34.2 Å². The summed E-state index contributed by atoms with van der Waals surface area (Å²) in [4.78, 5) is 16.7. The molecule has 0 saturated carbocycles. The monoisotopic (exact) mass is 387 g/mol. The lowest BCUT2D eigenvalue weighted by Crippen LogP contribution is -2.50. The molecule has 0 unspecified atom stereocenters. The summed E-state index contributed by atoms with van der Waals surface area (Å²) < 4.78 is 1.13. The van der Waals surface area contributed by atoms with Crippen molar-refractivity contribution in [3.05, 3.63) is 27.8 Å². The van der Waals surface area contributed by atoms with E-state index in [0.29, 0.717) is 12.6 Å². The van der Waals surface area contributed by atoms with Gasteiger partial charge in [0, 0.05) is 41.5 Å². The fourth-order valence-electron chi connectivity index (χ4n) is 2.41. The van der Waals surface area contributed by atoms with Gasteiger partial charge in [0.15, 0.2) is 0 Å². The molecule has 1 aliphatic heterocycles. The maximum atomic E-state index is 12.0. The minimum absolute atomic E-state index is 0.0741. The lowest BCUT2D eigenvalue weighted by Gasteiger charge is -2.36. The van der Waals surface area contributed by atoms with Crippen molar-refractivity contribution in [3.8, 4) is 0 Å². The van der Waals surface area contributed by atoms with Gasteiger partial charge in [0.25, 0.3) is 0 Å². The topological polar surface area (TPSA) is 35.6 Å². The fraction of sp³-hybridized carbons (Fsp3) is 0.533. The van der Waals surface area contributed by atoms with Crippen molar-refractivity contribution in [2.45, 2.75) is 19.9 Å². The molecule has 0 aliphatic carbocycles. The van der Waals surface area contributed by atoms with Crippen molar-refractivity contribution in [1.29, 1.82) is 0 Å². The first-order valence-corrected chi connectivity index (χ1v) is 8.14. The van der Waals surface area contributed by atoms with Crippen LogP contribution in [0, 0.1) is 3.57 Å². The molecular formula is C15H22IN3O. The van der Waals surface area contributed by atoms with E-state index in [-0.39, 0.29) is 5.91 Å². The van der Waals surface area contributed by atoms with E-state index >= 15 is 0 Å². The van der Waals surface area contributed by atoms with E-state index in [4.69, 9.17) is 0 Å². The van der Waals surface area contributed by atoms with Gasteiger partial charge >= 0.3 is 0 Å². The maximum Gasteiger partial charge on any atom is 0.238 e. The third kappa shape index (κ3) is 4.71. The summed E-state index contributed by atoms with van der Waals surface area (Å²) in [6.45, 7) is 8.97. The van der Waals surface area contributed by atoms with Crippen LogP contribution in [0.1, 0.15) is 13.8 Å². The van der Waals surface area contributed by atoms with Gasteiger partial charge in [0.05, 0.1) is 6.54 Å². The van der Waals surface area contributed by atoms with Gasteiger partial charge in [0.2, 0.25) is 5.91 Å². The first-order valence-electron chi connectivity index (χ1n) is 7.06. The van der Waals surface area contributed by atoms with Gasteiger partial charge < -0.3 is 5.32 Å². The first kappa shape index (κ1) is 15.7. The van der Waals surface area contributed by atoms with Crippen molar-refractivity contribution in [1.82, 2.24) is 9.80 Å². The number of hydrogen-bond donors (Lipinski definition) is 1. The normalized spacial score (nSPS) is 17.4. The Morgan fingerprint density at radius 3 is 2.60 bits per heavy atom. The summed E-state index contributed by atoms with van der Waals surface area (Å²) >= 11 is 2.25. The van der Waals surface area contributed by atoms with Crippen LogP contribution in [-0.2, 0) is 4.79 Å². The lowest BCUT2D eigenvalue weighted by molar-refractivity contribution is -0.117. The Bertz CT molecular complexity index is 456. The predicted molar refractivity (Wildman–Crippen MR) is 90.9 cm³/mol. The highest BCUT2D eigenvalue weighted by molar-refractivity contribution is 14.1. The summed E-state index contributed by atoms with van der Waals surface area (Å²) in [5.74, 6) is 0.0741. The van der Waals surface area contributed by atoms with E-state index in [9.17, 15) is 4.79 Å². The van der Waals surface area contributed by atoms with Crippen LogP contribution in [0.5, 0.6) is 0 Å². The largest absolute Gasteiger partial charge is 0.325 e. The fourth-order valence-corrected chi connectivity index (χ4v) is 2.95. The number of anilines is 1. The number of nitrogens with one attached hydrogen (secondary N) is 1. The summed E-state index contributed by atoms with van der Waals surface area (Å²) in [5.41, 5.74) is 0.878. The summed E-state index contributed by atoms with van der Waals surface area (Å²) in [5, 5.41) is 2.97. The second kappa shape index (κ2) is 7.38. The number of rotatable bonds is 4. The first-order chi connectivity index (χ1) is 9.54. The SMILES string of the molecule is CC(C)N1CCN(CC(=O)Nc2cccc(I)c2)CC1. The Morgan fingerprint density at radius 1 is 1.30 bits per heavy atom. The molecule has 1 aromatic carbocycles. The van der Waals surface area contributed by atoms with Gasteiger partial charge in [-0.3, -0.25) is 14.6 Å². The van der Waals surface area contributed by atoms with E-state index < -0.39 is 0 Å². The average Bonchev–Trinajstić information content (AvgIpc) is 2.39. The van der Waals surface area contributed by atoms with E-state index in [1.165, 1.54) is 0 Å². The summed E-state index contributed by atoms with van der Waals surface area (Å²) in [7, 11) is 0. The Hall–Kier alpha value is -0.660. The predicted octanol–water partition coefficient (Wildman–Crippen LogP) is 2.26. The third-order valence-corrected chi connectivity index (χ3v) is 4.28. The Morgan fingerprint density at radius 2 is 2.00 bits per heavy atom. The zero-order chi connectivity index (χ0) is 14.5. The molecule has 4 nitrogen and oxygen atoms in total. The number of piperazine rings is 1. The van der Waals surface area contributed by atoms with Gasteiger partial charge in [-0.2, -0.15) is 0 Å². The van der Waals surface area contributed by atoms with Crippen molar-refractivity contribution in [2.24, 2.45) is 0 Å². The zero-order valence-corrected chi connectivity index (χ0v) is 14.3. The number of carbonyl (C=O) groups is 1. The van der Waals surface area contributed by atoms with Crippen LogP contribution in [0.3, 0.4) is 0 Å². The van der Waals surface area contributed by atoms with Crippen LogP contribution in [0.2, 0.25) is 0 Å². The lowest BCUT2D eigenvalue weighted by atomic mass is 10.2. The minimum Gasteiger partial charge on any atom is -0.325 e. The van der Waals surface area contributed by atoms with Crippen molar-refractivity contribution in [3.63, 3.8) is 0 Å². The number of halogens is 1. The standard InChI is InChI=1S/C15H22IN3O/c1-12(2)19-8-6-18(7-9-19)11-15(20)17-14-5-3-4-13(16)10-14/h3-5,10,12H,6-9,11H2,1-2H3,(H,17,20). The van der Waals surface area contributed by atoms with Gasteiger partial charge in [-0.05, 0) is 54.6 Å². The molecule has 0 spiro atoms. The highest BCUT2D eigenvalue weighted by Gasteiger charge is 2.20. The summed E-state index contributed by atoms with van der Waals surface area (Å²) in [6, 6.07) is 8.48. The highest BCUT2D eigenvalue weighted by atomic mass is 127. The van der Waals surface area contributed by atoms with Crippen LogP contribution in [0.25, 0.3) is 0 Å². The third-order valence-electron chi connectivity index (χ3n) is 3.61. The van der Waals surface area contributed by atoms with Crippen LogP contribution >= 0.6 is 22.6 Å². The molecule has 1 aromatic rings. The van der Waals surface area contributed by atoms with E-state index in [0.717, 1.165) is 35.4 Å². The molecule has 1 N–H and O–H groups in total. The van der Waals surface area contributed by atoms with Crippen molar-refractivity contribution in [2.75, 3.05) is 38.0 Å². The van der Waals surface area contributed by atoms with Crippen molar-refractivity contribution < 1.29 is 4.79 Å². The highest BCUT2D eigenvalue weighted by Crippen LogP contribution is 2.12. The molecule has 0 radical (unpaired) electrons. The Balaban J connectivity index is 1.78. The quantitative estimate of drug-likeness (QED) is 0.806. The molecule has 1 aliphatic rings. The van der Waals surface area contributed by atoms with Crippen LogP contribution < -0.4 is 5.32 Å². The number of carbonyl (C=O) groups excluding carboxylic acids is 1. The Labute approximate surface area is 134 Å². The molecule has 0 bridgehead atoms. The van der Waals surface area contributed by atoms with E-state index in [2.05, 4.69) is 51.6 Å². The number of benzene rings is 1. The number of nitrogens with zero attached hydrogens (tertiary/aromatic N) is 2. The van der Waals surface area contributed by atoms with Gasteiger partial charge in [0.1, 0.15) is 0 Å². The smallest absolute Gasteiger partial charge is 0.238 e. The van der Waals surface area contributed by atoms with E-state index in [1.54, 1.807) is 0 Å². The maximum absolute atomic E-state index is 12.0. The Kier molecular flexibility index (Phi) is 5.80. The molecule has 20 heavy (non-hydrogen) atoms. The van der Waals surface area contributed by atoms with E-state index in [1.807, 2.05) is 24.3 Å². The van der Waals surface area contributed by atoms with Gasteiger partial charge in [-0.1, -0.05) is 6.07 Å². The summed E-state index contributed by atoms with van der Waals surface area (Å²) in [6.07, 6.45) is 0. The molecule has 110 valence electrons. The molecule has 0 atom stereocenters. The minimum atomic E-state index is 0.0741. The molecule has 1 heterocycles. The van der Waals surface area contributed by atoms with Crippen LogP contribution in [-0.4, -0.2) is 54.5 Å². The number of amides is 1. The molecule has 1 saturated heterocycles. The number of hydrogen-bond acceptors (Lipinski definition) is 3. The molecule has 1 amide bonds. The average molecular weight is 387 g/mol. The molecule has 2 rings (SSSR count).